The molecule has 0 N–H and O–H groups in total. The van der Waals surface area contributed by atoms with E-state index in [-0.39, 0.29) is 122 Å². The van der Waals surface area contributed by atoms with Gasteiger partial charge in [0, 0.05) is 19.5 Å². The molecule has 0 aromatic heterocycles. The van der Waals surface area contributed by atoms with Gasteiger partial charge in [-0.1, -0.05) is 0 Å². The zero-order chi connectivity index (χ0) is 0. The molecular weight excluding hydrogens is 246 g/mol. The minimum Gasteiger partial charge on any atom is -1.00 e. The third kappa shape index (κ3) is 26.1. The van der Waals surface area contributed by atoms with Crippen molar-refractivity contribution >= 4 is 49.6 Å². The Morgan fingerprint density at radius 2 is 0.667 bits per heavy atom. The van der Waals surface area contributed by atoms with Crippen molar-refractivity contribution in [3.05, 3.63) is 0 Å². The van der Waals surface area contributed by atoms with E-state index in [2.05, 4.69) is 0 Å². The molecule has 0 atom stereocenters. The molecule has 0 aliphatic rings. The van der Waals surface area contributed by atoms with Gasteiger partial charge in [0.15, 0.2) is 0 Å². The summed E-state index contributed by atoms with van der Waals surface area (Å²) in [6, 6.07) is 0. The van der Waals surface area contributed by atoms with E-state index in [1.807, 2.05) is 0 Å². The van der Waals surface area contributed by atoms with Gasteiger partial charge < -0.3 is 1.43 Å². The first-order valence-corrected chi connectivity index (χ1v) is 0. The Balaban J connectivity index is 0. The van der Waals surface area contributed by atoms with Crippen LogP contribution in [0.3, 0.4) is 0 Å². The number of hydrogen-bond acceptors (Lipinski definition) is 0. The number of halogens is 4. The molecule has 0 fully saturated rings. The van der Waals surface area contributed by atoms with Crippen LogP contribution >= 0.6 is 49.6 Å². The minimum atomic E-state index is 0. The van der Waals surface area contributed by atoms with Crippen molar-refractivity contribution in [2.75, 3.05) is 0 Å². The van der Waals surface area contributed by atoms with E-state index >= 15 is 0 Å². The van der Waals surface area contributed by atoms with Crippen molar-refractivity contribution in [1.82, 2.24) is 0 Å². The van der Waals surface area contributed by atoms with E-state index in [9.17, 15) is 0 Å². The van der Waals surface area contributed by atoms with Crippen LogP contribution in [0.4, 0.5) is 0 Å². The minimum absolute atomic E-state index is 0. The van der Waals surface area contributed by atoms with Gasteiger partial charge >= 0.3 is 51.4 Å². The number of hydrogen-bond donors (Lipinski definition) is 0. The molecule has 0 bridgehead atoms. The Hall–Kier alpha value is 3.42. The second-order valence-corrected chi connectivity index (χ2v) is 0. The van der Waals surface area contributed by atoms with Crippen molar-refractivity contribution in [2.24, 2.45) is 0 Å². The third-order valence-corrected chi connectivity index (χ3v) is 0. The second-order valence-electron chi connectivity index (χ2n) is 0. The SMILES string of the molecule is Cl.Cl.Cl.Cl.[H-].[K+].[Zn]. The fourth-order valence-electron chi connectivity index (χ4n) is 0. The molecule has 0 aliphatic heterocycles. The molecule has 0 radical (unpaired) electrons. The zero-order valence-corrected chi connectivity index (χ0v) is 12.7. The maximum absolute atomic E-state index is 0. The second kappa shape index (κ2) is 39.6. The summed E-state index contributed by atoms with van der Waals surface area (Å²) < 4.78 is 0. The van der Waals surface area contributed by atoms with Crippen LogP contribution in [0.15, 0.2) is 0 Å². The van der Waals surface area contributed by atoms with Crippen molar-refractivity contribution in [2.45, 2.75) is 0 Å². The maximum Gasteiger partial charge on any atom is 1.00 e. The molecule has 0 heterocycles. The van der Waals surface area contributed by atoms with Gasteiger partial charge in [-0.3, -0.25) is 0 Å². The Morgan fingerprint density at radius 1 is 0.667 bits per heavy atom. The first kappa shape index (κ1) is 57.1. The molecule has 0 saturated carbocycles. The van der Waals surface area contributed by atoms with Gasteiger partial charge in [0.25, 0.3) is 0 Å². The largest absolute Gasteiger partial charge is 1.00 e. The average Bonchev–Trinajstić information content (AvgIpc) is 0. The molecule has 0 aliphatic carbocycles. The summed E-state index contributed by atoms with van der Waals surface area (Å²) >= 11 is 0. The summed E-state index contributed by atoms with van der Waals surface area (Å²) in [4.78, 5) is 0. The van der Waals surface area contributed by atoms with E-state index in [4.69, 9.17) is 0 Å². The molecule has 36 valence electrons. The molecule has 0 spiro atoms. The Labute approximate surface area is 119 Å². The third-order valence-electron chi connectivity index (χ3n) is 0. The predicted molar refractivity (Wildman–Crippen MR) is 30.1 cm³/mol. The summed E-state index contributed by atoms with van der Waals surface area (Å²) in [7, 11) is 0. The van der Waals surface area contributed by atoms with E-state index in [0.29, 0.717) is 0 Å². The van der Waals surface area contributed by atoms with Crippen LogP contribution in [0.2, 0.25) is 0 Å². The molecule has 6 heteroatoms. The van der Waals surface area contributed by atoms with Crippen molar-refractivity contribution in [3.8, 4) is 0 Å². The number of rotatable bonds is 0. The molecule has 0 rings (SSSR count). The van der Waals surface area contributed by atoms with Crippen LogP contribution in [0, 0.1) is 0 Å². The molecule has 0 saturated heterocycles. The summed E-state index contributed by atoms with van der Waals surface area (Å²) in [5.41, 5.74) is 0. The van der Waals surface area contributed by atoms with Crippen LogP contribution in [-0.4, -0.2) is 0 Å². The van der Waals surface area contributed by atoms with Crippen LogP contribution in [0.5, 0.6) is 0 Å². The fourth-order valence-corrected chi connectivity index (χ4v) is 0. The predicted octanol–water partition coefficient (Wildman–Crippen LogP) is -1.20. The Bertz CT molecular complexity index is 11.7. The van der Waals surface area contributed by atoms with Crippen LogP contribution < -0.4 is 51.4 Å². The summed E-state index contributed by atoms with van der Waals surface area (Å²) in [6.45, 7) is 0. The van der Waals surface area contributed by atoms with Crippen molar-refractivity contribution < 1.29 is 72.3 Å². The van der Waals surface area contributed by atoms with E-state index < -0.39 is 0 Å². The molecule has 0 nitrogen and oxygen atoms in total. The molecule has 0 aromatic rings. The van der Waals surface area contributed by atoms with Gasteiger partial charge in [-0.05, 0) is 0 Å². The standard InChI is InChI=1S/4ClH.K.Zn.H/h4*1H;;;/q;;;;+1;;-1. The van der Waals surface area contributed by atoms with Gasteiger partial charge in [-0.2, -0.15) is 0 Å². The van der Waals surface area contributed by atoms with Crippen molar-refractivity contribution in [3.63, 3.8) is 0 Å². The topological polar surface area (TPSA) is 0 Å². The van der Waals surface area contributed by atoms with E-state index in [1.54, 1.807) is 0 Å². The van der Waals surface area contributed by atoms with Gasteiger partial charge in [0.05, 0.1) is 0 Å². The summed E-state index contributed by atoms with van der Waals surface area (Å²) in [5.74, 6) is 0. The zero-order valence-electron chi connectivity index (χ0n) is 4.34. The first-order chi connectivity index (χ1) is 0. The van der Waals surface area contributed by atoms with Crippen LogP contribution in [0.1, 0.15) is 1.43 Å². The molecule has 6 heavy (non-hydrogen) atoms. The van der Waals surface area contributed by atoms with Gasteiger partial charge in [0.1, 0.15) is 0 Å². The molecule has 0 aromatic carbocycles. The van der Waals surface area contributed by atoms with Gasteiger partial charge in [-0.25, -0.2) is 0 Å². The van der Waals surface area contributed by atoms with Gasteiger partial charge in [-0.15, -0.1) is 49.6 Å². The average molecular weight is 251 g/mol. The molecule has 0 amide bonds. The quantitative estimate of drug-likeness (QED) is 0.475. The van der Waals surface area contributed by atoms with E-state index in [1.165, 1.54) is 0 Å². The summed E-state index contributed by atoms with van der Waals surface area (Å²) in [6.07, 6.45) is 0. The van der Waals surface area contributed by atoms with E-state index in [0.717, 1.165) is 0 Å². The molecule has 0 unspecified atom stereocenters. The van der Waals surface area contributed by atoms with Gasteiger partial charge in [0.2, 0.25) is 0 Å². The fraction of sp³-hybridized carbons (Fsp3) is 0. The first-order valence-electron chi connectivity index (χ1n) is 0. The smallest absolute Gasteiger partial charge is 1.00 e. The maximum atomic E-state index is 0. The molecular formula is H5Cl4KZn. The monoisotopic (exact) mass is 248 g/mol. The van der Waals surface area contributed by atoms with Crippen LogP contribution in [0.25, 0.3) is 0 Å². The Morgan fingerprint density at radius 3 is 0.667 bits per heavy atom. The van der Waals surface area contributed by atoms with Crippen LogP contribution in [-0.2, 0) is 19.5 Å². The Kier molecular flexibility index (Phi) is 377. The van der Waals surface area contributed by atoms with Crippen molar-refractivity contribution in [1.29, 1.82) is 0 Å². The summed E-state index contributed by atoms with van der Waals surface area (Å²) in [5, 5.41) is 0. The normalized spacial score (nSPS) is 0.